The third-order valence-electron chi connectivity index (χ3n) is 3.85. The van der Waals surface area contributed by atoms with Crippen LogP contribution in [0.5, 0.6) is 0 Å². The first-order valence-corrected chi connectivity index (χ1v) is 7.65. The molecule has 1 aliphatic heterocycles. The fourth-order valence-electron chi connectivity index (χ4n) is 2.75. The van der Waals surface area contributed by atoms with Gasteiger partial charge in [0.15, 0.2) is 6.23 Å². The van der Waals surface area contributed by atoms with Gasteiger partial charge in [0, 0.05) is 16.5 Å². The summed E-state index contributed by atoms with van der Waals surface area (Å²) in [5.41, 5.74) is 3.23. The predicted molar refractivity (Wildman–Crippen MR) is 80.3 cm³/mol. The molecule has 0 N–H and O–H groups in total. The lowest BCUT2D eigenvalue weighted by molar-refractivity contribution is -0.0366. The second-order valence-electron chi connectivity index (χ2n) is 5.16. The maximum Gasteiger partial charge on any atom is 0.150 e. The number of nitriles is 1. The number of aromatic nitrogens is 2. The van der Waals surface area contributed by atoms with Crippen LogP contribution in [0.25, 0.3) is 10.9 Å². The molecule has 0 amide bonds. The summed E-state index contributed by atoms with van der Waals surface area (Å²) in [4.78, 5) is 0. The largest absolute Gasteiger partial charge is 0.356 e. The van der Waals surface area contributed by atoms with Gasteiger partial charge in [0.05, 0.1) is 24.2 Å². The van der Waals surface area contributed by atoms with Gasteiger partial charge in [-0.15, -0.1) is 0 Å². The van der Waals surface area contributed by atoms with E-state index in [-0.39, 0.29) is 6.23 Å². The van der Waals surface area contributed by atoms with Crippen LogP contribution in [-0.4, -0.2) is 16.4 Å². The zero-order valence-corrected chi connectivity index (χ0v) is 13.0. The molecule has 1 aromatic heterocycles. The summed E-state index contributed by atoms with van der Waals surface area (Å²) in [6.07, 6.45) is 5.62. The lowest BCUT2D eigenvalue weighted by atomic mass is 10.0. The highest BCUT2D eigenvalue weighted by atomic mass is 79.9. The second-order valence-corrected chi connectivity index (χ2v) is 5.96. The summed E-state index contributed by atoms with van der Waals surface area (Å²) in [5, 5.41) is 14.5. The van der Waals surface area contributed by atoms with Crippen LogP contribution in [0.3, 0.4) is 0 Å². The van der Waals surface area contributed by atoms with E-state index in [2.05, 4.69) is 33.2 Å². The Morgan fingerprint density at radius 1 is 1.55 bits per heavy atom. The van der Waals surface area contributed by atoms with Crippen molar-refractivity contribution in [3.8, 4) is 6.07 Å². The number of hydrogen-bond donors (Lipinski definition) is 0. The first-order valence-electron chi connectivity index (χ1n) is 6.86. The van der Waals surface area contributed by atoms with E-state index in [1.165, 1.54) is 6.42 Å². The highest BCUT2D eigenvalue weighted by Crippen LogP contribution is 2.33. The quantitative estimate of drug-likeness (QED) is 0.838. The summed E-state index contributed by atoms with van der Waals surface area (Å²) >= 11 is 3.63. The molecule has 1 aromatic carbocycles. The molecule has 2 heterocycles. The number of benzene rings is 1. The summed E-state index contributed by atoms with van der Waals surface area (Å²) < 4.78 is 8.78. The molecule has 20 heavy (non-hydrogen) atoms. The minimum atomic E-state index is 0.0365. The number of hydrogen-bond acceptors (Lipinski definition) is 3. The molecule has 0 spiro atoms. The van der Waals surface area contributed by atoms with Gasteiger partial charge in [-0.3, -0.25) is 0 Å². The molecule has 3 rings (SSSR count). The SMILES string of the molecule is Cc1cc2c(cnn2C2CCCCO2)c(Br)c1CC#N. The smallest absolute Gasteiger partial charge is 0.150 e. The molecule has 104 valence electrons. The predicted octanol–water partition coefficient (Wildman–Crippen LogP) is 3.87. The van der Waals surface area contributed by atoms with Crippen LogP contribution in [-0.2, 0) is 11.2 Å². The fraction of sp³-hybridized carbons (Fsp3) is 0.467. The van der Waals surface area contributed by atoms with E-state index in [1.54, 1.807) is 0 Å². The monoisotopic (exact) mass is 333 g/mol. The van der Waals surface area contributed by atoms with Gasteiger partial charge < -0.3 is 4.74 Å². The van der Waals surface area contributed by atoms with E-state index >= 15 is 0 Å². The number of halogens is 1. The van der Waals surface area contributed by atoms with Gasteiger partial charge in [-0.05, 0) is 59.3 Å². The molecule has 0 saturated carbocycles. The highest BCUT2D eigenvalue weighted by molar-refractivity contribution is 9.10. The number of aryl methyl sites for hydroxylation is 1. The molecule has 2 aromatic rings. The Morgan fingerprint density at radius 2 is 2.40 bits per heavy atom. The third-order valence-corrected chi connectivity index (χ3v) is 4.75. The topological polar surface area (TPSA) is 50.8 Å². The molecular formula is C15H16BrN3O. The standard InChI is InChI=1S/C15H16BrN3O/c1-10-8-13-12(15(16)11(10)5-6-17)9-18-19(13)14-4-2-3-7-20-14/h8-9,14H,2-5,7H2,1H3. The van der Waals surface area contributed by atoms with Gasteiger partial charge >= 0.3 is 0 Å². The second kappa shape index (κ2) is 5.55. The molecule has 1 unspecified atom stereocenters. The van der Waals surface area contributed by atoms with Crippen molar-refractivity contribution < 1.29 is 4.74 Å². The highest BCUT2D eigenvalue weighted by Gasteiger charge is 2.20. The Hall–Kier alpha value is -1.38. The molecule has 0 aliphatic carbocycles. The Balaban J connectivity index is 2.11. The van der Waals surface area contributed by atoms with Gasteiger partial charge in [0.1, 0.15) is 0 Å². The van der Waals surface area contributed by atoms with Crippen molar-refractivity contribution in [3.63, 3.8) is 0 Å². The van der Waals surface area contributed by atoms with E-state index in [9.17, 15) is 0 Å². The van der Waals surface area contributed by atoms with Crippen LogP contribution in [0.15, 0.2) is 16.7 Å². The Morgan fingerprint density at radius 3 is 3.10 bits per heavy atom. The van der Waals surface area contributed by atoms with E-state index in [0.717, 1.165) is 46.0 Å². The summed E-state index contributed by atoms with van der Waals surface area (Å²) in [5.74, 6) is 0. The molecule has 1 atom stereocenters. The summed E-state index contributed by atoms with van der Waals surface area (Å²) in [6.45, 7) is 2.84. The minimum Gasteiger partial charge on any atom is -0.356 e. The molecular weight excluding hydrogens is 318 g/mol. The molecule has 5 heteroatoms. The molecule has 1 aliphatic rings. The molecule has 0 bridgehead atoms. The molecule has 0 radical (unpaired) electrons. The van der Waals surface area contributed by atoms with Crippen molar-refractivity contribution in [1.29, 1.82) is 5.26 Å². The third kappa shape index (κ3) is 2.23. The lowest BCUT2D eigenvalue weighted by Crippen LogP contribution is -2.19. The van der Waals surface area contributed by atoms with Crippen LogP contribution in [0.2, 0.25) is 0 Å². The van der Waals surface area contributed by atoms with Crippen molar-refractivity contribution in [1.82, 2.24) is 9.78 Å². The van der Waals surface area contributed by atoms with Gasteiger partial charge in [-0.2, -0.15) is 10.4 Å². The van der Waals surface area contributed by atoms with Crippen LogP contribution < -0.4 is 0 Å². The van der Waals surface area contributed by atoms with Gasteiger partial charge in [-0.1, -0.05) is 0 Å². The van der Waals surface area contributed by atoms with Crippen molar-refractivity contribution in [2.75, 3.05) is 6.61 Å². The van der Waals surface area contributed by atoms with Gasteiger partial charge in [0.2, 0.25) is 0 Å². The Kier molecular flexibility index (Phi) is 3.77. The number of nitrogens with zero attached hydrogens (tertiary/aromatic N) is 3. The number of rotatable bonds is 2. The minimum absolute atomic E-state index is 0.0365. The maximum atomic E-state index is 8.94. The van der Waals surface area contributed by atoms with Gasteiger partial charge in [0.25, 0.3) is 0 Å². The summed E-state index contributed by atoms with van der Waals surface area (Å²) in [6, 6.07) is 4.33. The zero-order chi connectivity index (χ0) is 14.1. The fourth-order valence-corrected chi connectivity index (χ4v) is 3.51. The number of ether oxygens (including phenoxy) is 1. The maximum absolute atomic E-state index is 8.94. The van der Waals surface area contributed by atoms with Crippen LogP contribution in [0, 0.1) is 18.3 Å². The van der Waals surface area contributed by atoms with Crippen molar-refractivity contribution in [2.24, 2.45) is 0 Å². The average molecular weight is 334 g/mol. The van der Waals surface area contributed by atoms with Crippen LogP contribution in [0.1, 0.15) is 36.6 Å². The van der Waals surface area contributed by atoms with E-state index in [0.29, 0.717) is 6.42 Å². The van der Waals surface area contributed by atoms with Crippen molar-refractivity contribution in [3.05, 3.63) is 27.9 Å². The van der Waals surface area contributed by atoms with E-state index in [4.69, 9.17) is 10.00 Å². The van der Waals surface area contributed by atoms with Crippen molar-refractivity contribution >= 4 is 26.8 Å². The van der Waals surface area contributed by atoms with Crippen LogP contribution in [0.4, 0.5) is 0 Å². The lowest BCUT2D eigenvalue weighted by Gasteiger charge is -2.23. The Bertz CT molecular complexity index is 680. The molecule has 4 nitrogen and oxygen atoms in total. The summed E-state index contributed by atoms with van der Waals surface area (Å²) in [7, 11) is 0. The van der Waals surface area contributed by atoms with E-state index in [1.807, 2.05) is 17.8 Å². The first kappa shape index (κ1) is 13.6. The van der Waals surface area contributed by atoms with Crippen LogP contribution >= 0.6 is 15.9 Å². The molecule has 1 fully saturated rings. The average Bonchev–Trinajstić information content (AvgIpc) is 2.88. The Labute approximate surface area is 126 Å². The van der Waals surface area contributed by atoms with E-state index < -0.39 is 0 Å². The number of fused-ring (bicyclic) bond motifs is 1. The van der Waals surface area contributed by atoms with Crippen molar-refractivity contribution in [2.45, 2.75) is 38.8 Å². The zero-order valence-electron chi connectivity index (χ0n) is 11.4. The van der Waals surface area contributed by atoms with Gasteiger partial charge in [-0.25, -0.2) is 4.68 Å². The molecule has 1 saturated heterocycles. The normalized spacial score (nSPS) is 19.1. The first-order chi connectivity index (χ1) is 9.72.